The van der Waals surface area contributed by atoms with Gasteiger partial charge in [-0.1, -0.05) is 19.8 Å². The Bertz CT molecular complexity index is 239. The smallest absolute Gasteiger partial charge is 0.548 e. The van der Waals surface area contributed by atoms with E-state index in [2.05, 4.69) is 0 Å². The summed E-state index contributed by atoms with van der Waals surface area (Å²) in [4.78, 5) is 22.6. The molecular formula is C11H19FNNaO3. The van der Waals surface area contributed by atoms with Crippen molar-refractivity contribution in [1.29, 1.82) is 0 Å². The largest absolute Gasteiger partial charge is 1.00 e. The van der Waals surface area contributed by atoms with Crippen molar-refractivity contribution in [3.8, 4) is 0 Å². The molecule has 94 valence electrons. The number of hydrogen-bond donors (Lipinski definition) is 0. The number of nitrogens with zero attached hydrogens (tertiary/aromatic N) is 1. The molecular weight excluding hydrogens is 236 g/mol. The summed E-state index contributed by atoms with van der Waals surface area (Å²) in [6.07, 6.45) is 1.45. The third kappa shape index (κ3) is 10.7. The normalized spacial score (nSPS) is 11.5. The third-order valence-corrected chi connectivity index (χ3v) is 2.33. The fourth-order valence-electron chi connectivity index (χ4n) is 1.32. The minimum Gasteiger partial charge on any atom is -0.548 e. The zero-order valence-corrected chi connectivity index (χ0v) is 12.9. The van der Waals surface area contributed by atoms with Crippen molar-refractivity contribution in [2.75, 3.05) is 13.6 Å². The molecule has 0 rings (SSSR count). The Morgan fingerprint density at radius 1 is 1.35 bits per heavy atom. The summed E-state index contributed by atoms with van der Waals surface area (Å²) < 4.78 is 13.2. The number of hydrogen-bond acceptors (Lipinski definition) is 3. The molecule has 0 aliphatic carbocycles. The number of carbonyl (C=O) groups excluding carboxylic acids is 2. The van der Waals surface area contributed by atoms with Crippen LogP contribution in [-0.2, 0) is 9.59 Å². The summed E-state index contributed by atoms with van der Waals surface area (Å²) in [5.74, 6) is -1.66. The van der Waals surface area contributed by atoms with E-state index >= 15 is 0 Å². The number of aliphatic carboxylic acids is 1. The molecule has 0 bridgehead atoms. The van der Waals surface area contributed by atoms with Crippen LogP contribution in [0.5, 0.6) is 0 Å². The average Bonchev–Trinajstić information content (AvgIpc) is 2.21. The second-order valence-corrected chi connectivity index (χ2v) is 3.90. The van der Waals surface area contributed by atoms with Crippen molar-refractivity contribution in [3.63, 3.8) is 0 Å². The first-order chi connectivity index (χ1) is 7.47. The van der Waals surface area contributed by atoms with Crippen molar-refractivity contribution in [1.82, 2.24) is 4.90 Å². The molecule has 0 N–H and O–H groups in total. The van der Waals surface area contributed by atoms with Crippen molar-refractivity contribution in [3.05, 3.63) is 0 Å². The minimum absolute atomic E-state index is 0. The van der Waals surface area contributed by atoms with Gasteiger partial charge in [0.05, 0.1) is 12.5 Å². The van der Waals surface area contributed by atoms with E-state index in [-0.39, 0.29) is 48.3 Å². The van der Waals surface area contributed by atoms with Gasteiger partial charge in [-0.2, -0.15) is 0 Å². The van der Waals surface area contributed by atoms with Crippen LogP contribution in [0.4, 0.5) is 4.39 Å². The molecule has 0 saturated heterocycles. The van der Waals surface area contributed by atoms with Gasteiger partial charge in [-0.3, -0.25) is 4.79 Å². The Morgan fingerprint density at radius 2 is 1.94 bits per heavy atom. The van der Waals surface area contributed by atoms with Crippen molar-refractivity contribution < 1.29 is 48.6 Å². The zero-order valence-electron chi connectivity index (χ0n) is 10.9. The van der Waals surface area contributed by atoms with Crippen molar-refractivity contribution in [2.45, 2.75) is 45.2 Å². The number of amides is 1. The van der Waals surface area contributed by atoms with Crippen LogP contribution < -0.4 is 34.7 Å². The number of halogens is 1. The van der Waals surface area contributed by atoms with Gasteiger partial charge in [-0.05, 0) is 12.8 Å². The van der Waals surface area contributed by atoms with Crippen molar-refractivity contribution in [2.24, 2.45) is 0 Å². The molecule has 1 unspecified atom stereocenters. The molecule has 1 atom stereocenters. The monoisotopic (exact) mass is 255 g/mol. The van der Waals surface area contributed by atoms with Gasteiger partial charge in [0.1, 0.15) is 6.17 Å². The van der Waals surface area contributed by atoms with E-state index in [0.717, 1.165) is 17.7 Å². The van der Waals surface area contributed by atoms with E-state index in [4.69, 9.17) is 0 Å². The summed E-state index contributed by atoms with van der Waals surface area (Å²) in [5.41, 5.74) is 0. The Balaban J connectivity index is 0. The standard InChI is InChI=1S/C11H20FNO3.Na/c1-3-4-5-9(12)6-7-10(14)13(2)8-11(15)16;/h9H,3-8H2,1-2H3,(H,15,16);/q;+1/p-1. The Labute approximate surface area is 124 Å². The molecule has 0 aliphatic rings. The maximum Gasteiger partial charge on any atom is 1.00 e. The fourth-order valence-corrected chi connectivity index (χ4v) is 1.32. The van der Waals surface area contributed by atoms with Crippen LogP contribution >= 0.6 is 0 Å². The molecule has 6 heteroatoms. The second kappa shape index (κ2) is 11.0. The van der Waals surface area contributed by atoms with Crippen LogP contribution in [-0.4, -0.2) is 36.5 Å². The van der Waals surface area contributed by atoms with Crippen LogP contribution in [0.25, 0.3) is 0 Å². The molecule has 0 aromatic rings. The topological polar surface area (TPSA) is 60.4 Å². The molecule has 0 spiro atoms. The van der Waals surface area contributed by atoms with E-state index in [1.807, 2.05) is 6.92 Å². The van der Waals surface area contributed by atoms with Crippen LogP contribution in [0.15, 0.2) is 0 Å². The zero-order chi connectivity index (χ0) is 12.6. The van der Waals surface area contributed by atoms with E-state index in [1.165, 1.54) is 7.05 Å². The summed E-state index contributed by atoms with van der Waals surface area (Å²) in [6, 6.07) is 0. The van der Waals surface area contributed by atoms with Gasteiger partial charge in [0.15, 0.2) is 0 Å². The minimum atomic E-state index is -1.31. The number of carbonyl (C=O) groups is 2. The second-order valence-electron chi connectivity index (χ2n) is 3.90. The summed E-state index contributed by atoms with van der Waals surface area (Å²) in [5, 5.41) is 10.2. The van der Waals surface area contributed by atoms with Gasteiger partial charge in [-0.25, -0.2) is 4.39 Å². The number of likely N-dealkylation sites (N-methyl/N-ethyl adjacent to an activating group) is 1. The van der Waals surface area contributed by atoms with E-state index in [1.54, 1.807) is 0 Å². The Hall–Kier alpha value is -0.130. The maximum absolute atomic E-state index is 13.2. The Morgan fingerprint density at radius 3 is 2.41 bits per heavy atom. The molecule has 0 aliphatic heterocycles. The molecule has 4 nitrogen and oxygen atoms in total. The van der Waals surface area contributed by atoms with Gasteiger partial charge in [0.25, 0.3) is 0 Å². The number of carboxylic acids is 1. The summed E-state index contributed by atoms with van der Waals surface area (Å²) in [7, 11) is 1.37. The molecule has 0 aromatic heterocycles. The van der Waals surface area contributed by atoms with Gasteiger partial charge < -0.3 is 14.8 Å². The molecule has 0 radical (unpaired) electrons. The van der Waals surface area contributed by atoms with E-state index in [0.29, 0.717) is 6.42 Å². The number of rotatable bonds is 8. The summed E-state index contributed by atoms with van der Waals surface area (Å²) in [6.45, 7) is 1.54. The molecule has 0 saturated carbocycles. The Kier molecular flexibility index (Phi) is 12.4. The predicted octanol–water partition coefficient (Wildman–Crippen LogP) is -2.49. The van der Waals surface area contributed by atoms with Gasteiger partial charge in [0.2, 0.25) is 5.91 Å². The SMILES string of the molecule is CCCCC(F)CCC(=O)N(C)CC(=O)[O-].[Na+]. The third-order valence-electron chi connectivity index (χ3n) is 2.33. The molecule has 17 heavy (non-hydrogen) atoms. The molecule has 0 aromatic carbocycles. The number of carboxylic acid groups (broad SMARTS) is 1. The van der Waals surface area contributed by atoms with Crippen LogP contribution in [0, 0.1) is 0 Å². The van der Waals surface area contributed by atoms with E-state index < -0.39 is 18.7 Å². The summed E-state index contributed by atoms with van der Waals surface area (Å²) >= 11 is 0. The molecule has 0 heterocycles. The first kappa shape index (κ1) is 19.2. The van der Waals surface area contributed by atoms with Crippen LogP contribution in [0.1, 0.15) is 39.0 Å². The van der Waals surface area contributed by atoms with Gasteiger partial charge in [-0.15, -0.1) is 0 Å². The maximum atomic E-state index is 13.2. The van der Waals surface area contributed by atoms with E-state index in [9.17, 15) is 19.1 Å². The quantitative estimate of drug-likeness (QED) is 0.451. The van der Waals surface area contributed by atoms with Crippen molar-refractivity contribution >= 4 is 11.9 Å². The first-order valence-corrected chi connectivity index (χ1v) is 5.55. The fraction of sp³-hybridized carbons (Fsp3) is 0.818. The first-order valence-electron chi connectivity index (χ1n) is 5.55. The predicted molar refractivity (Wildman–Crippen MR) is 56.3 cm³/mol. The number of unbranched alkanes of at least 4 members (excludes halogenated alkanes) is 1. The van der Waals surface area contributed by atoms with Crippen LogP contribution in [0.3, 0.4) is 0 Å². The van der Waals surface area contributed by atoms with Gasteiger partial charge in [0, 0.05) is 13.5 Å². The number of alkyl halides is 1. The van der Waals surface area contributed by atoms with Crippen LogP contribution in [0.2, 0.25) is 0 Å². The molecule has 1 amide bonds. The van der Waals surface area contributed by atoms with Gasteiger partial charge >= 0.3 is 29.6 Å². The molecule has 0 fully saturated rings. The average molecular weight is 255 g/mol.